The van der Waals surface area contributed by atoms with E-state index in [0.29, 0.717) is 10.9 Å². The van der Waals surface area contributed by atoms with Gasteiger partial charge in [0.2, 0.25) is 0 Å². The zero-order valence-electron chi connectivity index (χ0n) is 12.3. The SMILES string of the molecule is Cc1ccc(Cl)cc1NC(=O)N(C)[C@@H](C)CC(C)C. The summed E-state index contributed by atoms with van der Waals surface area (Å²) in [7, 11) is 1.82. The molecule has 0 aliphatic heterocycles. The van der Waals surface area contributed by atoms with Crippen LogP contribution in [0.15, 0.2) is 18.2 Å². The lowest BCUT2D eigenvalue weighted by atomic mass is 10.0. The number of carbonyl (C=O) groups excluding carboxylic acids is 1. The molecular weight excluding hydrogens is 260 g/mol. The fraction of sp³-hybridized carbons (Fsp3) is 0.533. The van der Waals surface area contributed by atoms with Crippen molar-refractivity contribution >= 4 is 23.3 Å². The number of urea groups is 1. The maximum atomic E-state index is 12.2. The first-order valence-electron chi connectivity index (χ1n) is 6.61. The monoisotopic (exact) mass is 282 g/mol. The van der Waals surface area contributed by atoms with E-state index in [2.05, 4.69) is 26.1 Å². The van der Waals surface area contributed by atoms with Crippen LogP contribution in [0.1, 0.15) is 32.8 Å². The van der Waals surface area contributed by atoms with Crippen LogP contribution in [0.5, 0.6) is 0 Å². The van der Waals surface area contributed by atoms with E-state index >= 15 is 0 Å². The average molecular weight is 283 g/mol. The van der Waals surface area contributed by atoms with E-state index in [0.717, 1.165) is 17.7 Å². The quantitative estimate of drug-likeness (QED) is 0.863. The van der Waals surface area contributed by atoms with E-state index in [1.807, 2.05) is 26.1 Å². The van der Waals surface area contributed by atoms with Crippen molar-refractivity contribution in [1.29, 1.82) is 0 Å². The van der Waals surface area contributed by atoms with Gasteiger partial charge in [0.05, 0.1) is 0 Å². The topological polar surface area (TPSA) is 32.3 Å². The second kappa shape index (κ2) is 6.80. The molecule has 1 N–H and O–H groups in total. The summed E-state index contributed by atoms with van der Waals surface area (Å²) in [5.74, 6) is 0.568. The molecule has 1 aromatic rings. The highest BCUT2D eigenvalue weighted by molar-refractivity contribution is 6.31. The summed E-state index contributed by atoms with van der Waals surface area (Å²) < 4.78 is 0. The van der Waals surface area contributed by atoms with E-state index in [4.69, 9.17) is 11.6 Å². The lowest BCUT2D eigenvalue weighted by Crippen LogP contribution is -2.39. The van der Waals surface area contributed by atoms with Crippen molar-refractivity contribution in [2.24, 2.45) is 5.92 Å². The molecule has 0 heterocycles. The summed E-state index contributed by atoms with van der Waals surface area (Å²) in [6, 6.07) is 5.60. The number of nitrogens with one attached hydrogen (secondary N) is 1. The lowest BCUT2D eigenvalue weighted by molar-refractivity contribution is 0.200. The van der Waals surface area contributed by atoms with Crippen molar-refractivity contribution in [3.8, 4) is 0 Å². The average Bonchev–Trinajstić information content (AvgIpc) is 2.31. The number of hydrogen-bond acceptors (Lipinski definition) is 1. The van der Waals surface area contributed by atoms with Crippen LogP contribution in [-0.2, 0) is 0 Å². The second-order valence-electron chi connectivity index (χ2n) is 5.48. The van der Waals surface area contributed by atoms with Gasteiger partial charge in [0, 0.05) is 23.8 Å². The first-order chi connectivity index (χ1) is 8.81. The molecule has 1 aromatic carbocycles. The third kappa shape index (κ3) is 4.75. The molecular formula is C15H23ClN2O. The largest absolute Gasteiger partial charge is 0.325 e. The fourth-order valence-corrected chi connectivity index (χ4v) is 2.14. The van der Waals surface area contributed by atoms with Crippen LogP contribution in [0.3, 0.4) is 0 Å². The van der Waals surface area contributed by atoms with E-state index in [1.54, 1.807) is 11.0 Å². The van der Waals surface area contributed by atoms with Crippen molar-refractivity contribution in [1.82, 2.24) is 4.90 Å². The molecule has 0 spiro atoms. The smallest absolute Gasteiger partial charge is 0.321 e. The van der Waals surface area contributed by atoms with Crippen LogP contribution in [0.2, 0.25) is 5.02 Å². The van der Waals surface area contributed by atoms with Gasteiger partial charge in [-0.2, -0.15) is 0 Å². The minimum atomic E-state index is -0.0986. The molecule has 4 heteroatoms. The molecule has 0 unspecified atom stereocenters. The van der Waals surface area contributed by atoms with Crippen molar-refractivity contribution in [3.05, 3.63) is 28.8 Å². The predicted octanol–water partition coefficient (Wildman–Crippen LogP) is 4.55. The Hall–Kier alpha value is -1.22. The Balaban J connectivity index is 2.71. The number of aryl methyl sites for hydroxylation is 1. The van der Waals surface area contributed by atoms with Gasteiger partial charge in [0.15, 0.2) is 0 Å². The fourth-order valence-electron chi connectivity index (χ4n) is 1.97. The summed E-state index contributed by atoms with van der Waals surface area (Å²) in [5.41, 5.74) is 1.77. The third-order valence-corrected chi connectivity index (χ3v) is 3.47. The number of nitrogens with zero attached hydrogens (tertiary/aromatic N) is 1. The molecule has 0 aromatic heterocycles. The highest BCUT2D eigenvalue weighted by Gasteiger charge is 2.17. The van der Waals surface area contributed by atoms with Crippen molar-refractivity contribution < 1.29 is 4.79 Å². The Bertz CT molecular complexity index is 446. The highest BCUT2D eigenvalue weighted by atomic mass is 35.5. The number of rotatable bonds is 4. The molecule has 0 radical (unpaired) electrons. The molecule has 0 aliphatic rings. The number of anilines is 1. The van der Waals surface area contributed by atoms with Crippen LogP contribution in [0, 0.1) is 12.8 Å². The van der Waals surface area contributed by atoms with Crippen LogP contribution in [0.25, 0.3) is 0 Å². The van der Waals surface area contributed by atoms with Gasteiger partial charge in [-0.1, -0.05) is 31.5 Å². The number of amides is 2. The molecule has 0 saturated heterocycles. The van der Waals surface area contributed by atoms with Gasteiger partial charge in [-0.3, -0.25) is 0 Å². The first kappa shape index (κ1) is 15.8. The molecule has 1 rings (SSSR count). The van der Waals surface area contributed by atoms with Gasteiger partial charge in [0.1, 0.15) is 0 Å². The maximum absolute atomic E-state index is 12.2. The van der Waals surface area contributed by atoms with Gasteiger partial charge in [-0.25, -0.2) is 4.79 Å². The molecule has 0 fully saturated rings. The zero-order chi connectivity index (χ0) is 14.6. The second-order valence-corrected chi connectivity index (χ2v) is 5.92. The van der Waals surface area contributed by atoms with Gasteiger partial charge < -0.3 is 10.2 Å². The predicted molar refractivity (Wildman–Crippen MR) is 81.9 cm³/mol. The van der Waals surface area contributed by atoms with Crippen molar-refractivity contribution in [3.63, 3.8) is 0 Å². The van der Waals surface area contributed by atoms with E-state index in [9.17, 15) is 4.79 Å². The standard InChI is InChI=1S/C15H23ClN2O/c1-10(2)8-12(4)18(5)15(19)17-14-9-13(16)7-6-11(14)3/h6-7,9-10,12H,8H2,1-5H3,(H,17,19)/t12-/m0/s1. The first-order valence-corrected chi connectivity index (χ1v) is 6.99. The minimum absolute atomic E-state index is 0.0986. The van der Waals surface area contributed by atoms with E-state index in [-0.39, 0.29) is 12.1 Å². The summed E-state index contributed by atoms with van der Waals surface area (Å²) >= 11 is 5.95. The van der Waals surface area contributed by atoms with Gasteiger partial charge >= 0.3 is 6.03 Å². The lowest BCUT2D eigenvalue weighted by Gasteiger charge is -2.26. The Kier molecular flexibility index (Phi) is 5.67. The van der Waals surface area contributed by atoms with Crippen molar-refractivity contribution in [2.75, 3.05) is 12.4 Å². The Morgan fingerprint density at radius 1 is 1.37 bits per heavy atom. The summed E-state index contributed by atoms with van der Waals surface area (Å²) in [4.78, 5) is 13.9. The summed E-state index contributed by atoms with van der Waals surface area (Å²) in [6.45, 7) is 8.32. The highest BCUT2D eigenvalue weighted by Crippen LogP contribution is 2.21. The van der Waals surface area contributed by atoms with Crippen molar-refractivity contribution in [2.45, 2.75) is 40.2 Å². The van der Waals surface area contributed by atoms with Crippen LogP contribution >= 0.6 is 11.6 Å². The molecule has 2 amide bonds. The summed E-state index contributed by atoms with van der Waals surface area (Å²) in [5, 5.41) is 3.53. The number of hydrogen-bond donors (Lipinski definition) is 1. The number of benzene rings is 1. The maximum Gasteiger partial charge on any atom is 0.321 e. The van der Waals surface area contributed by atoms with Crippen LogP contribution in [-0.4, -0.2) is 24.0 Å². The third-order valence-electron chi connectivity index (χ3n) is 3.24. The molecule has 0 bridgehead atoms. The van der Waals surface area contributed by atoms with Crippen LogP contribution in [0.4, 0.5) is 10.5 Å². The Labute approximate surface area is 120 Å². The minimum Gasteiger partial charge on any atom is -0.325 e. The molecule has 3 nitrogen and oxygen atoms in total. The normalized spacial score (nSPS) is 12.4. The number of halogens is 1. The van der Waals surface area contributed by atoms with Gasteiger partial charge in [0.25, 0.3) is 0 Å². The van der Waals surface area contributed by atoms with Gasteiger partial charge in [-0.05, 0) is 43.9 Å². The molecule has 0 aliphatic carbocycles. The molecule has 19 heavy (non-hydrogen) atoms. The zero-order valence-corrected chi connectivity index (χ0v) is 13.1. The number of carbonyl (C=O) groups is 1. The van der Waals surface area contributed by atoms with Crippen LogP contribution < -0.4 is 5.32 Å². The summed E-state index contributed by atoms with van der Waals surface area (Å²) in [6.07, 6.45) is 0.985. The van der Waals surface area contributed by atoms with E-state index in [1.165, 1.54) is 0 Å². The Morgan fingerprint density at radius 3 is 2.58 bits per heavy atom. The Morgan fingerprint density at radius 2 is 2.00 bits per heavy atom. The molecule has 106 valence electrons. The van der Waals surface area contributed by atoms with Gasteiger partial charge in [-0.15, -0.1) is 0 Å². The molecule has 1 atom stereocenters. The molecule has 0 saturated carbocycles. The van der Waals surface area contributed by atoms with E-state index < -0.39 is 0 Å².